The maximum Gasteiger partial charge on any atom is 0.335 e. The van der Waals surface area contributed by atoms with Crippen LogP contribution < -0.4 is 10.6 Å². The molecule has 20 heavy (non-hydrogen) atoms. The number of benzene rings is 1. The lowest BCUT2D eigenvalue weighted by Gasteiger charge is -2.09. The van der Waals surface area contributed by atoms with Crippen LogP contribution >= 0.6 is 27.3 Å². The number of hydrogen-bond donors (Lipinski definition) is 3. The van der Waals surface area contributed by atoms with Gasteiger partial charge in [-0.15, -0.1) is 11.3 Å². The van der Waals surface area contributed by atoms with Crippen LogP contribution in [0.1, 0.15) is 15.2 Å². The minimum absolute atomic E-state index is 0.113. The number of nitrogens with one attached hydrogen (secondary N) is 2. The zero-order valence-corrected chi connectivity index (χ0v) is 12.6. The van der Waals surface area contributed by atoms with Crippen molar-refractivity contribution in [2.45, 2.75) is 6.54 Å². The van der Waals surface area contributed by atoms with Crippen LogP contribution in [0.4, 0.5) is 10.5 Å². The van der Waals surface area contributed by atoms with Crippen molar-refractivity contribution in [3.63, 3.8) is 0 Å². The largest absolute Gasteiger partial charge is 0.478 e. The lowest BCUT2D eigenvalue weighted by atomic mass is 10.2. The van der Waals surface area contributed by atoms with E-state index in [1.165, 1.54) is 12.1 Å². The summed E-state index contributed by atoms with van der Waals surface area (Å²) in [6.07, 6.45) is 0. The van der Waals surface area contributed by atoms with E-state index in [0.717, 1.165) is 4.88 Å². The van der Waals surface area contributed by atoms with Gasteiger partial charge in [0, 0.05) is 9.35 Å². The average molecular weight is 355 g/mol. The number of rotatable bonds is 4. The van der Waals surface area contributed by atoms with E-state index in [9.17, 15) is 9.59 Å². The van der Waals surface area contributed by atoms with E-state index in [4.69, 9.17) is 5.11 Å². The van der Waals surface area contributed by atoms with E-state index in [1.807, 2.05) is 17.5 Å². The second-order valence-electron chi connectivity index (χ2n) is 3.89. The molecule has 0 aliphatic heterocycles. The molecule has 0 unspecified atom stereocenters. The fraction of sp³-hybridized carbons (Fsp3) is 0.0769. The van der Waals surface area contributed by atoms with Crippen molar-refractivity contribution < 1.29 is 14.7 Å². The van der Waals surface area contributed by atoms with Crippen molar-refractivity contribution in [2.75, 3.05) is 5.32 Å². The van der Waals surface area contributed by atoms with Crippen LogP contribution in [-0.4, -0.2) is 17.1 Å². The van der Waals surface area contributed by atoms with Gasteiger partial charge in [0.05, 0.1) is 17.8 Å². The molecule has 0 bridgehead atoms. The number of thiophene rings is 1. The maximum atomic E-state index is 11.8. The van der Waals surface area contributed by atoms with E-state index in [0.29, 0.717) is 16.7 Å². The molecule has 0 aliphatic rings. The van der Waals surface area contributed by atoms with E-state index < -0.39 is 5.97 Å². The van der Waals surface area contributed by atoms with E-state index in [1.54, 1.807) is 17.4 Å². The summed E-state index contributed by atoms with van der Waals surface area (Å²) in [7, 11) is 0. The van der Waals surface area contributed by atoms with Crippen molar-refractivity contribution in [1.29, 1.82) is 0 Å². The van der Waals surface area contributed by atoms with Gasteiger partial charge in [-0.05, 0) is 45.6 Å². The highest BCUT2D eigenvalue weighted by Gasteiger charge is 2.09. The molecule has 7 heteroatoms. The Kier molecular flexibility index (Phi) is 4.75. The summed E-state index contributed by atoms with van der Waals surface area (Å²) in [5.41, 5.74) is 0.523. The zero-order valence-electron chi connectivity index (χ0n) is 10.2. The Morgan fingerprint density at radius 3 is 2.75 bits per heavy atom. The zero-order chi connectivity index (χ0) is 14.5. The lowest BCUT2D eigenvalue weighted by Crippen LogP contribution is -2.28. The summed E-state index contributed by atoms with van der Waals surface area (Å²) in [6, 6.07) is 7.89. The van der Waals surface area contributed by atoms with Crippen LogP contribution in [0.2, 0.25) is 0 Å². The van der Waals surface area contributed by atoms with Crippen LogP contribution in [0.3, 0.4) is 0 Å². The summed E-state index contributed by atoms with van der Waals surface area (Å²) in [5.74, 6) is -1.04. The number of carbonyl (C=O) groups excluding carboxylic acids is 1. The first kappa shape index (κ1) is 14.5. The fourth-order valence-corrected chi connectivity index (χ4v) is 2.49. The second-order valence-corrected chi connectivity index (χ2v) is 5.77. The average Bonchev–Trinajstić information content (AvgIpc) is 2.92. The van der Waals surface area contributed by atoms with Gasteiger partial charge >= 0.3 is 12.0 Å². The van der Waals surface area contributed by atoms with Crippen molar-refractivity contribution in [3.8, 4) is 0 Å². The number of hydrogen-bond acceptors (Lipinski definition) is 3. The molecule has 0 spiro atoms. The van der Waals surface area contributed by atoms with Crippen LogP contribution in [-0.2, 0) is 6.54 Å². The standard InChI is InChI=1S/C13H11BrN2O3S/c14-10-4-3-8(12(17)18)6-11(10)16-13(19)15-7-9-2-1-5-20-9/h1-6H,7H2,(H,17,18)(H2,15,16,19). The Balaban J connectivity index is 2.00. The molecule has 1 heterocycles. The molecule has 104 valence electrons. The number of aromatic carboxylic acids is 1. The topological polar surface area (TPSA) is 78.4 Å². The number of carbonyl (C=O) groups is 2. The van der Waals surface area contributed by atoms with E-state index >= 15 is 0 Å². The summed E-state index contributed by atoms with van der Waals surface area (Å²) in [6.45, 7) is 0.430. The van der Waals surface area contributed by atoms with Crippen molar-refractivity contribution in [3.05, 3.63) is 50.6 Å². The molecule has 2 aromatic rings. The number of carboxylic acids is 1. The van der Waals surface area contributed by atoms with Crippen LogP contribution in [0.15, 0.2) is 40.2 Å². The van der Waals surface area contributed by atoms with Gasteiger partial charge in [0.2, 0.25) is 0 Å². The smallest absolute Gasteiger partial charge is 0.335 e. The number of carboxylic acid groups (broad SMARTS) is 1. The maximum absolute atomic E-state index is 11.8. The van der Waals surface area contributed by atoms with Gasteiger partial charge in [-0.2, -0.15) is 0 Å². The van der Waals surface area contributed by atoms with E-state index in [-0.39, 0.29) is 11.6 Å². The predicted molar refractivity (Wildman–Crippen MR) is 81.3 cm³/mol. The van der Waals surface area contributed by atoms with Gasteiger partial charge in [0.25, 0.3) is 0 Å². The summed E-state index contributed by atoms with van der Waals surface area (Å²) >= 11 is 4.82. The molecule has 0 saturated carbocycles. The van der Waals surface area contributed by atoms with E-state index in [2.05, 4.69) is 26.6 Å². The van der Waals surface area contributed by atoms with Gasteiger partial charge in [-0.25, -0.2) is 9.59 Å². The molecule has 3 N–H and O–H groups in total. The summed E-state index contributed by atoms with van der Waals surface area (Å²) in [4.78, 5) is 23.7. The molecular weight excluding hydrogens is 344 g/mol. The fourth-order valence-electron chi connectivity index (χ4n) is 1.50. The number of urea groups is 1. The number of anilines is 1. The molecule has 0 saturated heterocycles. The Bertz CT molecular complexity index is 629. The Morgan fingerprint density at radius 2 is 2.10 bits per heavy atom. The van der Waals surface area contributed by atoms with Crippen molar-refractivity contribution in [1.82, 2.24) is 5.32 Å². The summed E-state index contributed by atoms with van der Waals surface area (Å²) in [5, 5.41) is 16.2. The van der Waals surface area contributed by atoms with Gasteiger partial charge in [0.1, 0.15) is 0 Å². The monoisotopic (exact) mass is 354 g/mol. The van der Waals surface area contributed by atoms with Crippen LogP contribution in [0.25, 0.3) is 0 Å². The third kappa shape index (κ3) is 3.82. The normalized spacial score (nSPS) is 10.1. The molecule has 2 rings (SSSR count). The lowest BCUT2D eigenvalue weighted by molar-refractivity contribution is 0.0697. The first-order valence-electron chi connectivity index (χ1n) is 5.66. The predicted octanol–water partition coefficient (Wildman–Crippen LogP) is 3.53. The SMILES string of the molecule is O=C(NCc1cccs1)Nc1cc(C(=O)O)ccc1Br. The first-order valence-corrected chi connectivity index (χ1v) is 7.33. The molecule has 2 amide bonds. The number of halogens is 1. The van der Waals surface area contributed by atoms with Crippen molar-refractivity contribution in [2.24, 2.45) is 0 Å². The molecule has 5 nitrogen and oxygen atoms in total. The Labute approximate surface area is 127 Å². The quantitative estimate of drug-likeness (QED) is 0.785. The minimum atomic E-state index is -1.04. The minimum Gasteiger partial charge on any atom is -0.478 e. The van der Waals surface area contributed by atoms with Crippen molar-refractivity contribution >= 4 is 45.0 Å². The molecule has 1 aromatic heterocycles. The van der Waals surface area contributed by atoms with Gasteiger partial charge in [-0.1, -0.05) is 6.07 Å². The highest BCUT2D eigenvalue weighted by molar-refractivity contribution is 9.10. The van der Waals surface area contributed by atoms with Gasteiger partial charge < -0.3 is 15.7 Å². The molecule has 0 aliphatic carbocycles. The van der Waals surface area contributed by atoms with Gasteiger partial charge in [0.15, 0.2) is 0 Å². The molecular formula is C13H11BrN2O3S. The first-order chi connectivity index (χ1) is 9.56. The van der Waals surface area contributed by atoms with Crippen LogP contribution in [0, 0.1) is 0 Å². The summed E-state index contributed by atoms with van der Waals surface area (Å²) < 4.78 is 0.619. The number of amides is 2. The van der Waals surface area contributed by atoms with Gasteiger partial charge in [-0.3, -0.25) is 0 Å². The Morgan fingerprint density at radius 1 is 1.30 bits per heavy atom. The molecule has 1 aromatic carbocycles. The molecule has 0 fully saturated rings. The molecule has 0 radical (unpaired) electrons. The third-order valence-corrected chi connectivity index (χ3v) is 4.03. The highest BCUT2D eigenvalue weighted by Crippen LogP contribution is 2.23. The molecule has 0 atom stereocenters. The second kappa shape index (κ2) is 6.53. The Hall–Kier alpha value is -1.86. The highest BCUT2D eigenvalue weighted by atomic mass is 79.9. The third-order valence-electron chi connectivity index (χ3n) is 2.46. The van der Waals surface area contributed by atoms with Crippen LogP contribution in [0.5, 0.6) is 0 Å².